The van der Waals surface area contributed by atoms with Crippen LogP contribution in [0.5, 0.6) is 0 Å². The lowest BCUT2D eigenvalue weighted by Crippen LogP contribution is -2.56. The second kappa shape index (κ2) is 6.02. The summed E-state index contributed by atoms with van der Waals surface area (Å²) in [6.07, 6.45) is -1.57. The summed E-state index contributed by atoms with van der Waals surface area (Å²) in [5.74, 6) is 0.353. The molecule has 2 unspecified atom stereocenters. The Labute approximate surface area is 115 Å². The van der Waals surface area contributed by atoms with Gasteiger partial charge in [-0.1, -0.05) is 34.6 Å². The Balaban J connectivity index is 2.92. The van der Waals surface area contributed by atoms with Crippen LogP contribution in [-0.2, 0) is 0 Å². The molecule has 0 aliphatic carbocycles. The smallest absolute Gasteiger partial charge is 0.289 e. The number of piperidine rings is 1. The third kappa shape index (κ3) is 4.11. The Kier molecular flexibility index (Phi) is 5.33. The lowest BCUT2D eigenvalue weighted by Gasteiger charge is -2.47. The van der Waals surface area contributed by atoms with Gasteiger partial charge in [0.05, 0.1) is 0 Å². The Morgan fingerprint density at radius 2 is 1.58 bits per heavy atom. The SMILES string of the molecule is CCC(CC)N1CC(C(C)(C)C)CCC1C(F)(F)F. The van der Waals surface area contributed by atoms with Crippen molar-refractivity contribution in [1.82, 2.24) is 4.90 Å². The van der Waals surface area contributed by atoms with Crippen LogP contribution in [0, 0.1) is 11.3 Å². The molecule has 1 fully saturated rings. The van der Waals surface area contributed by atoms with Gasteiger partial charge in [-0.05, 0) is 37.0 Å². The van der Waals surface area contributed by atoms with Crippen molar-refractivity contribution in [3.63, 3.8) is 0 Å². The average Bonchev–Trinajstić information content (AvgIpc) is 2.28. The van der Waals surface area contributed by atoms with Crippen molar-refractivity contribution in [2.75, 3.05) is 6.54 Å². The van der Waals surface area contributed by atoms with Gasteiger partial charge in [-0.25, -0.2) is 0 Å². The van der Waals surface area contributed by atoms with E-state index in [0.29, 0.717) is 18.9 Å². The molecule has 1 aliphatic heterocycles. The van der Waals surface area contributed by atoms with Crippen molar-refractivity contribution in [3.8, 4) is 0 Å². The second-order valence-corrected chi connectivity index (χ2v) is 6.86. The van der Waals surface area contributed by atoms with Crippen molar-refractivity contribution in [3.05, 3.63) is 0 Å². The van der Waals surface area contributed by atoms with Gasteiger partial charge < -0.3 is 0 Å². The molecule has 0 saturated carbocycles. The van der Waals surface area contributed by atoms with Gasteiger partial charge in [0.2, 0.25) is 0 Å². The molecular weight excluding hydrogens is 251 g/mol. The lowest BCUT2D eigenvalue weighted by atomic mass is 9.74. The molecule has 0 aromatic heterocycles. The number of hydrogen-bond donors (Lipinski definition) is 0. The van der Waals surface area contributed by atoms with Crippen LogP contribution in [0.4, 0.5) is 13.2 Å². The molecule has 4 heteroatoms. The van der Waals surface area contributed by atoms with Crippen LogP contribution in [0.15, 0.2) is 0 Å². The molecule has 1 nitrogen and oxygen atoms in total. The summed E-state index contributed by atoms with van der Waals surface area (Å²) in [7, 11) is 0. The molecule has 19 heavy (non-hydrogen) atoms. The highest BCUT2D eigenvalue weighted by atomic mass is 19.4. The van der Waals surface area contributed by atoms with Crippen molar-refractivity contribution in [2.24, 2.45) is 11.3 Å². The summed E-state index contributed by atoms with van der Waals surface area (Å²) in [4.78, 5) is 1.74. The van der Waals surface area contributed by atoms with Gasteiger partial charge >= 0.3 is 6.18 Å². The zero-order valence-corrected chi connectivity index (χ0v) is 12.8. The number of halogens is 3. The van der Waals surface area contributed by atoms with E-state index in [1.54, 1.807) is 4.90 Å². The van der Waals surface area contributed by atoms with E-state index in [9.17, 15) is 13.2 Å². The van der Waals surface area contributed by atoms with Crippen LogP contribution >= 0.6 is 0 Å². The fourth-order valence-corrected chi connectivity index (χ4v) is 3.22. The first-order chi connectivity index (χ1) is 8.61. The van der Waals surface area contributed by atoms with Crippen LogP contribution in [0.2, 0.25) is 0 Å². The molecule has 1 rings (SSSR count). The number of rotatable bonds is 3. The summed E-state index contributed by atoms with van der Waals surface area (Å²) in [6.45, 7) is 11.0. The Hall–Kier alpha value is -0.250. The molecule has 1 heterocycles. The average molecular weight is 279 g/mol. The zero-order valence-electron chi connectivity index (χ0n) is 12.8. The molecule has 0 N–H and O–H groups in total. The van der Waals surface area contributed by atoms with Crippen LogP contribution in [0.3, 0.4) is 0 Å². The Bertz CT molecular complexity index is 276. The maximum absolute atomic E-state index is 13.2. The largest absolute Gasteiger partial charge is 0.404 e. The number of likely N-dealkylation sites (tertiary alicyclic amines) is 1. The van der Waals surface area contributed by atoms with Gasteiger partial charge in [-0.15, -0.1) is 0 Å². The highest BCUT2D eigenvalue weighted by Crippen LogP contribution is 2.41. The molecule has 1 aliphatic rings. The maximum Gasteiger partial charge on any atom is 0.404 e. The van der Waals surface area contributed by atoms with E-state index in [1.165, 1.54) is 0 Å². The summed E-state index contributed by atoms with van der Waals surface area (Å²) < 4.78 is 39.6. The van der Waals surface area contributed by atoms with Crippen LogP contribution in [-0.4, -0.2) is 29.7 Å². The van der Waals surface area contributed by atoms with Crippen molar-refractivity contribution in [2.45, 2.75) is 78.6 Å². The minimum Gasteiger partial charge on any atom is -0.289 e. The third-order valence-corrected chi connectivity index (χ3v) is 4.63. The first-order valence-corrected chi connectivity index (χ1v) is 7.43. The molecule has 2 atom stereocenters. The van der Waals surface area contributed by atoms with Crippen LogP contribution in [0.25, 0.3) is 0 Å². The molecule has 0 radical (unpaired) electrons. The minimum absolute atomic E-state index is 0.0526. The number of alkyl halides is 3. The van der Waals surface area contributed by atoms with Gasteiger partial charge in [-0.3, -0.25) is 4.90 Å². The van der Waals surface area contributed by atoms with E-state index >= 15 is 0 Å². The predicted octanol–water partition coefficient (Wildman–Crippen LogP) is 4.86. The molecule has 0 spiro atoms. The van der Waals surface area contributed by atoms with Crippen molar-refractivity contribution in [1.29, 1.82) is 0 Å². The second-order valence-electron chi connectivity index (χ2n) is 6.86. The summed E-state index contributed by atoms with van der Waals surface area (Å²) >= 11 is 0. The van der Waals surface area contributed by atoms with Crippen LogP contribution < -0.4 is 0 Å². The molecule has 0 bridgehead atoms. The molecule has 1 saturated heterocycles. The van der Waals surface area contributed by atoms with Gasteiger partial charge in [0.1, 0.15) is 6.04 Å². The summed E-state index contributed by atoms with van der Waals surface area (Å²) in [6, 6.07) is -1.19. The van der Waals surface area contributed by atoms with E-state index in [4.69, 9.17) is 0 Å². The quantitative estimate of drug-likeness (QED) is 0.713. The molecule has 0 amide bonds. The lowest BCUT2D eigenvalue weighted by molar-refractivity contribution is -0.205. The van der Waals surface area contributed by atoms with Gasteiger partial charge in [-0.2, -0.15) is 13.2 Å². The first-order valence-electron chi connectivity index (χ1n) is 7.43. The minimum atomic E-state index is -4.09. The van der Waals surface area contributed by atoms with Gasteiger partial charge in [0.25, 0.3) is 0 Å². The number of nitrogens with zero attached hydrogens (tertiary/aromatic N) is 1. The summed E-state index contributed by atoms with van der Waals surface area (Å²) in [5.41, 5.74) is 0.0842. The topological polar surface area (TPSA) is 3.24 Å². The summed E-state index contributed by atoms with van der Waals surface area (Å²) in [5, 5.41) is 0. The highest BCUT2D eigenvalue weighted by molar-refractivity contribution is 4.92. The fraction of sp³-hybridized carbons (Fsp3) is 1.00. The monoisotopic (exact) mass is 279 g/mol. The van der Waals surface area contributed by atoms with Gasteiger partial charge in [0, 0.05) is 12.6 Å². The van der Waals surface area contributed by atoms with Crippen molar-refractivity contribution >= 4 is 0 Å². The molecule has 0 aromatic carbocycles. The van der Waals surface area contributed by atoms with Crippen molar-refractivity contribution < 1.29 is 13.2 Å². The fourth-order valence-electron chi connectivity index (χ4n) is 3.22. The third-order valence-electron chi connectivity index (χ3n) is 4.63. The van der Waals surface area contributed by atoms with E-state index in [1.807, 2.05) is 13.8 Å². The molecular formula is C15H28F3N. The molecule has 114 valence electrons. The standard InChI is InChI=1S/C15H28F3N/c1-6-12(7-2)19-10-11(14(3,4)5)8-9-13(19)15(16,17)18/h11-13H,6-10H2,1-5H3. The highest BCUT2D eigenvalue weighted by Gasteiger charge is 2.48. The van der Waals surface area contributed by atoms with E-state index in [-0.39, 0.29) is 17.9 Å². The van der Waals surface area contributed by atoms with E-state index in [0.717, 1.165) is 12.8 Å². The Morgan fingerprint density at radius 3 is 1.95 bits per heavy atom. The maximum atomic E-state index is 13.2. The van der Waals surface area contributed by atoms with Crippen LogP contribution in [0.1, 0.15) is 60.3 Å². The first kappa shape index (κ1) is 16.8. The molecule has 0 aromatic rings. The van der Waals surface area contributed by atoms with E-state index in [2.05, 4.69) is 20.8 Å². The van der Waals surface area contributed by atoms with Gasteiger partial charge in [0.15, 0.2) is 0 Å². The number of hydrogen-bond acceptors (Lipinski definition) is 1. The Morgan fingerprint density at radius 1 is 1.05 bits per heavy atom. The normalized spacial score (nSPS) is 27.0. The van der Waals surface area contributed by atoms with E-state index < -0.39 is 12.2 Å². The zero-order chi connectivity index (χ0) is 14.8. The predicted molar refractivity (Wildman–Crippen MR) is 73.1 cm³/mol.